The molecule has 0 fully saturated rings. The van der Waals surface area contributed by atoms with Crippen molar-refractivity contribution in [2.75, 3.05) is 6.54 Å². The van der Waals surface area contributed by atoms with E-state index in [4.69, 9.17) is 16.7 Å². The van der Waals surface area contributed by atoms with Crippen LogP contribution in [0.25, 0.3) is 0 Å². The molecule has 0 aromatic heterocycles. The lowest BCUT2D eigenvalue weighted by Crippen LogP contribution is -2.25. The summed E-state index contributed by atoms with van der Waals surface area (Å²) >= 11 is 5.73. The first-order valence-electron chi connectivity index (χ1n) is 4.93. The number of carboxylic acid groups (broad SMARTS) is 1. The summed E-state index contributed by atoms with van der Waals surface area (Å²) in [5, 5.41) is 9.02. The van der Waals surface area contributed by atoms with Crippen LogP contribution in [0.5, 0.6) is 0 Å². The SMILES string of the molecule is C=CCNS(=O)(=O)c1cc(Cl)cc(C(=O)O)c1C. The molecule has 1 aromatic rings. The van der Waals surface area contributed by atoms with Crippen LogP contribution in [0.4, 0.5) is 0 Å². The van der Waals surface area contributed by atoms with Crippen molar-refractivity contribution in [1.82, 2.24) is 4.72 Å². The number of carbonyl (C=O) groups is 1. The zero-order chi connectivity index (χ0) is 13.9. The summed E-state index contributed by atoms with van der Waals surface area (Å²) < 4.78 is 26.1. The van der Waals surface area contributed by atoms with Crippen molar-refractivity contribution in [2.45, 2.75) is 11.8 Å². The van der Waals surface area contributed by atoms with Crippen LogP contribution < -0.4 is 4.72 Å². The lowest BCUT2D eigenvalue weighted by Gasteiger charge is -2.10. The number of rotatable bonds is 5. The Balaban J connectivity index is 3.41. The summed E-state index contributed by atoms with van der Waals surface area (Å²) in [5.74, 6) is -1.23. The fraction of sp³-hybridized carbons (Fsp3) is 0.182. The third-order valence-electron chi connectivity index (χ3n) is 2.26. The molecule has 0 saturated heterocycles. The van der Waals surface area contributed by atoms with Crippen molar-refractivity contribution in [2.24, 2.45) is 0 Å². The monoisotopic (exact) mass is 289 g/mol. The van der Waals surface area contributed by atoms with Crippen LogP contribution in [-0.2, 0) is 10.0 Å². The largest absolute Gasteiger partial charge is 0.478 e. The number of halogens is 1. The molecule has 0 amide bonds. The molecule has 0 bridgehead atoms. The molecule has 0 radical (unpaired) electrons. The first-order chi connectivity index (χ1) is 8.29. The maximum absolute atomic E-state index is 11.9. The van der Waals surface area contributed by atoms with Crippen LogP contribution in [0.2, 0.25) is 5.02 Å². The normalized spacial score (nSPS) is 11.2. The topological polar surface area (TPSA) is 83.5 Å². The second kappa shape index (κ2) is 5.51. The first kappa shape index (κ1) is 14.7. The van der Waals surface area contributed by atoms with Crippen LogP contribution in [-0.4, -0.2) is 26.0 Å². The van der Waals surface area contributed by atoms with Gasteiger partial charge in [0.1, 0.15) is 0 Å². The average molecular weight is 290 g/mol. The molecule has 0 atom stereocenters. The van der Waals surface area contributed by atoms with Crippen LogP contribution >= 0.6 is 11.6 Å². The predicted molar refractivity (Wildman–Crippen MR) is 68.5 cm³/mol. The fourth-order valence-corrected chi connectivity index (χ4v) is 2.97. The third kappa shape index (κ3) is 3.10. The Morgan fingerprint density at radius 2 is 2.17 bits per heavy atom. The van der Waals surface area contributed by atoms with Crippen molar-refractivity contribution >= 4 is 27.6 Å². The van der Waals surface area contributed by atoms with Gasteiger partial charge in [0, 0.05) is 11.6 Å². The van der Waals surface area contributed by atoms with E-state index in [-0.39, 0.29) is 27.6 Å². The summed E-state index contributed by atoms with van der Waals surface area (Å²) in [6.45, 7) is 4.87. The molecule has 0 spiro atoms. The van der Waals surface area contributed by atoms with Gasteiger partial charge in [-0.2, -0.15) is 0 Å². The summed E-state index contributed by atoms with van der Waals surface area (Å²) in [6.07, 6.45) is 1.38. The average Bonchev–Trinajstić information content (AvgIpc) is 2.28. The van der Waals surface area contributed by atoms with E-state index in [1.165, 1.54) is 25.1 Å². The first-order valence-corrected chi connectivity index (χ1v) is 6.79. The van der Waals surface area contributed by atoms with Crippen molar-refractivity contribution in [1.29, 1.82) is 0 Å². The Morgan fingerprint density at radius 1 is 1.56 bits per heavy atom. The van der Waals surface area contributed by atoms with Gasteiger partial charge in [-0.1, -0.05) is 17.7 Å². The molecule has 2 N–H and O–H groups in total. The minimum Gasteiger partial charge on any atom is -0.478 e. The minimum atomic E-state index is -3.80. The molecule has 7 heteroatoms. The van der Waals surface area contributed by atoms with Gasteiger partial charge >= 0.3 is 5.97 Å². The van der Waals surface area contributed by atoms with Crippen molar-refractivity contribution in [3.63, 3.8) is 0 Å². The van der Waals surface area contributed by atoms with E-state index < -0.39 is 16.0 Å². The highest BCUT2D eigenvalue weighted by Gasteiger charge is 2.21. The Morgan fingerprint density at radius 3 is 2.67 bits per heavy atom. The van der Waals surface area contributed by atoms with Crippen LogP contribution in [0.1, 0.15) is 15.9 Å². The number of hydrogen-bond donors (Lipinski definition) is 2. The zero-order valence-electron chi connectivity index (χ0n) is 9.60. The van der Waals surface area contributed by atoms with Crippen molar-refractivity contribution in [3.05, 3.63) is 40.9 Å². The number of benzene rings is 1. The second-order valence-corrected chi connectivity index (χ2v) is 5.69. The lowest BCUT2D eigenvalue weighted by molar-refractivity contribution is 0.0696. The van der Waals surface area contributed by atoms with Crippen LogP contribution in [0.3, 0.4) is 0 Å². The summed E-state index contributed by atoms with van der Waals surface area (Å²) in [5.41, 5.74) is 0.00457. The van der Waals surface area contributed by atoms with Crippen LogP contribution in [0, 0.1) is 6.92 Å². The Bertz CT molecular complexity index is 595. The van der Waals surface area contributed by atoms with Gasteiger partial charge in [0.25, 0.3) is 0 Å². The molecule has 0 aliphatic carbocycles. The molecule has 0 aliphatic rings. The number of carboxylic acids is 1. The molecule has 18 heavy (non-hydrogen) atoms. The number of hydrogen-bond acceptors (Lipinski definition) is 3. The molecule has 1 rings (SSSR count). The molecule has 0 aliphatic heterocycles. The molecule has 98 valence electrons. The Hall–Kier alpha value is -1.37. The molecule has 0 saturated carbocycles. The van der Waals surface area contributed by atoms with Gasteiger partial charge in [-0.3, -0.25) is 0 Å². The van der Waals surface area contributed by atoms with E-state index in [1.807, 2.05) is 0 Å². The number of nitrogens with one attached hydrogen (secondary N) is 1. The smallest absolute Gasteiger partial charge is 0.336 e. The van der Waals surface area contributed by atoms with Gasteiger partial charge in [0.15, 0.2) is 0 Å². The van der Waals surface area contributed by atoms with Crippen molar-refractivity contribution in [3.8, 4) is 0 Å². The highest BCUT2D eigenvalue weighted by Crippen LogP contribution is 2.24. The Kier molecular flexibility index (Phi) is 4.50. The van der Waals surface area contributed by atoms with Gasteiger partial charge < -0.3 is 5.11 Å². The van der Waals surface area contributed by atoms with Gasteiger partial charge in [0.2, 0.25) is 10.0 Å². The number of sulfonamides is 1. The third-order valence-corrected chi connectivity index (χ3v) is 4.03. The highest BCUT2D eigenvalue weighted by atomic mass is 35.5. The van der Waals surface area contributed by atoms with Gasteiger partial charge in [-0.05, 0) is 24.6 Å². The Labute approximate surface area is 110 Å². The molecule has 0 heterocycles. The maximum Gasteiger partial charge on any atom is 0.336 e. The summed E-state index contributed by atoms with van der Waals surface area (Å²) in [4.78, 5) is 10.8. The van der Waals surface area contributed by atoms with Gasteiger partial charge in [0.05, 0.1) is 10.5 Å². The van der Waals surface area contributed by atoms with E-state index in [0.29, 0.717) is 0 Å². The van der Waals surface area contributed by atoms with Crippen LogP contribution in [0.15, 0.2) is 29.7 Å². The van der Waals surface area contributed by atoms with Gasteiger partial charge in [-0.25, -0.2) is 17.9 Å². The number of aromatic carboxylic acids is 1. The standard InChI is InChI=1S/C11H12ClNO4S/c1-3-4-13-18(16,17)10-6-8(12)5-9(7(10)2)11(14)15/h3,5-6,13H,1,4H2,2H3,(H,14,15). The quantitative estimate of drug-likeness (QED) is 0.810. The molecule has 5 nitrogen and oxygen atoms in total. The summed E-state index contributed by atoms with van der Waals surface area (Å²) in [7, 11) is -3.80. The summed E-state index contributed by atoms with van der Waals surface area (Å²) in [6, 6.07) is 2.43. The predicted octanol–water partition coefficient (Wildman–Crippen LogP) is 1.81. The van der Waals surface area contributed by atoms with Gasteiger partial charge in [-0.15, -0.1) is 6.58 Å². The maximum atomic E-state index is 11.9. The van der Waals surface area contributed by atoms with E-state index in [0.717, 1.165) is 0 Å². The van der Waals surface area contributed by atoms with Crippen molar-refractivity contribution < 1.29 is 18.3 Å². The van der Waals surface area contributed by atoms with E-state index in [2.05, 4.69) is 11.3 Å². The second-order valence-electron chi connectivity index (χ2n) is 3.52. The lowest BCUT2D eigenvalue weighted by atomic mass is 10.1. The fourth-order valence-electron chi connectivity index (χ4n) is 1.40. The van der Waals surface area contributed by atoms with E-state index >= 15 is 0 Å². The molecular formula is C11H12ClNO4S. The molecule has 0 unspecified atom stereocenters. The minimum absolute atomic E-state index is 0.0523. The highest BCUT2D eigenvalue weighted by molar-refractivity contribution is 7.89. The molecule has 1 aromatic carbocycles. The zero-order valence-corrected chi connectivity index (χ0v) is 11.2. The molecular weight excluding hydrogens is 278 g/mol. The van der Waals surface area contributed by atoms with E-state index in [9.17, 15) is 13.2 Å². The van der Waals surface area contributed by atoms with E-state index in [1.54, 1.807) is 0 Å².